The van der Waals surface area contributed by atoms with Gasteiger partial charge in [-0.2, -0.15) is 0 Å². The van der Waals surface area contributed by atoms with Crippen LogP contribution in [-0.4, -0.2) is 18.3 Å². The van der Waals surface area contributed by atoms with E-state index in [1.54, 1.807) is 36.4 Å². The van der Waals surface area contributed by atoms with E-state index in [9.17, 15) is 4.39 Å². The molecule has 3 nitrogen and oxygen atoms in total. The van der Waals surface area contributed by atoms with E-state index in [1.165, 1.54) is 12.1 Å². The molecule has 0 fully saturated rings. The molecule has 2 rings (SSSR count). The number of benzene rings is 2. The first kappa shape index (κ1) is 12.4. The number of halogens is 1. The first-order valence-corrected chi connectivity index (χ1v) is 5.55. The first-order chi connectivity index (χ1) is 8.78. The third-order valence-corrected chi connectivity index (χ3v) is 2.23. The lowest BCUT2D eigenvalue weighted by molar-refractivity contribution is 0.201. The molecule has 18 heavy (non-hydrogen) atoms. The van der Waals surface area contributed by atoms with Crippen molar-refractivity contribution in [2.45, 2.75) is 0 Å². The minimum absolute atomic E-state index is 0.0200. The number of ether oxygens (including phenoxy) is 2. The van der Waals surface area contributed by atoms with Gasteiger partial charge in [-0.05, 0) is 48.5 Å². The van der Waals surface area contributed by atoms with E-state index in [-0.39, 0.29) is 19.0 Å². The maximum absolute atomic E-state index is 12.7. The zero-order valence-electron chi connectivity index (χ0n) is 9.67. The normalized spacial score (nSPS) is 10.1. The summed E-state index contributed by atoms with van der Waals surface area (Å²) >= 11 is 0. The second kappa shape index (κ2) is 6.02. The van der Waals surface area contributed by atoms with Crippen molar-refractivity contribution in [2.75, 3.05) is 13.2 Å². The SMILES string of the molecule is OCCOc1ccc(Oc2ccc(F)cc2)cc1. The summed E-state index contributed by atoms with van der Waals surface area (Å²) in [6, 6.07) is 12.8. The molecule has 94 valence electrons. The van der Waals surface area contributed by atoms with Crippen LogP contribution in [-0.2, 0) is 0 Å². The molecule has 0 heterocycles. The Kier molecular flexibility index (Phi) is 4.15. The van der Waals surface area contributed by atoms with Gasteiger partial charge < -0.3 is 14.6 Å². The van der Waals surface area contributed by atoms with E-state index in [2.05, 4.69) is 0 Å². The molecule has 2 aromatic carbocycles. The second-order valence-electron chi connectivity index (χ2n) is 3.60. The maximum atomic E-state index is 12.7. The highest BCUT2D eigenvalue weighted by molar-refractivity contribution is 5.35. The molecule has 0 aliphatic heterocycles. The second-order valence-corrected chi connectivity index (χ2v) is 3.60. The Morgan fingerprint density at radius 2 is 1.33 bits per heavy atom. The Morgan fingerprint density at radius 1 is 0.833 bits per heavy atom. The van der Waals surface area contributed by atoms with Gasteiger partial charge in [-0.1, -0.05) is 0 Å². The van der Waals surface area contributed by atoms with Crippen molar-refractivity contribution in [3.63, 3.8) is 0 Å². The van der Waals surface area contributed by atoms with Crippen LogP contribution in [0, 0.1) is 5.82 Å². The Balaban J connectivity index is 1.99. The Hall–Kier alpha value is -2.07. The minimum atomic E-state index is -0.296. The van der Waals surface area contributed by atoms with E-state index < -0.39 is 0 Å². The van der Waals surface area contributed by atoms with Gasteiger partial charge in [-0.3, -0.25) is 0 Å². The van der Waals surface area contributed by atoms with Gasteiger partial charge in [0.2, 0.25) is 0 Å². The van der Waals surface area contributed by atoms with Gasteiger partial charge in [0.1, 0.15) is 29.7 Å². The van der Waals surface area contributed by atoms with Gasteiger partial charge in [0.05, 0.1) is 6.61 Å². The average Bonchev–Trinajstić information content (AvgIpc) is 2.41. The van der Waals surface area contributed by atoms with Crippen LogP contribution in [0.25, 0.3) is 0 Å². The topological polar surface area (TPSA) is 38.7 Å². The van der Waals surface area contributed by atoms with Crippen LogP contribution < -0.4 is 9.47 Å². The maximum Gasteiger partial charge on any atom is 0.127 e. The summed E-state index contributed by atoms with van der Waals surface area (Å²) < 4.78 is 23.4. The number of rotatable bonds is 5. The third-order valence-electron chi connectivity index (χ3n) is 2.23. The average molecular weight is 248 g/mol. The molecule has 0 bridgehead atoms. The Labute approximate surface area is 104 Å². The zero-order valence-corrected chi connectivity index (χ0v) is 9.67. The van der Waals surface area contributed by atoms with Gasteiger partial charge in [0.25, 0.3) is 0 Å². The predicted octanol–water partition coefficient (Wildman–Crippen LogP) is 2.99. The molecule has 0 atom stereocenters. The molecule has 0 aromatic heterocycles. The van der Waals surface area contributed by atoms with Crippen molar-refractivity contribution < 1.29 is 19.0 Å². The Morgan fingerprint density at radius 3 is 1.89 bits per heavy atom. The lowest BCUT2D eigenvalue weighted by Gasteiger charge is -2.07. The number of hydrogen-bond donors (Lipinski definition) is 1. The van der Waals surface area contributed by atoms with Crippen molar-refractivity contribution in [1.82, 2.24) is 0 Å². The number of aliphatic hydroxyl groups excluding tert-OH is 1. The van der Waals surface area contributed by atoms with E-state index >= 15 is 0 Å². The molecule has 0 amide bonds. The van der Waals surface area contributed by atoms with Crippen molar-refractivity contribution in [1.29, 1.82) is 0 Å². The van der Waals surface area contributed by atoms with Crippen molar-refractivity contribution in [3.8, 4) is 17.2 Å². The summed E-state index contributed by atoms with van der Waals surface area (Å²) in [5.74, 6) is 1.57. The highest BCUT2D eigenvalue weighted by Gasteiger charge is 1.99. The smallest absolute Gasteiger partial charge is 0.127 e. The molecule has 0 radical (unpaired) electrons. The summed E-state index contributed by atoms with van der Waals surface area (Å²) in [5, 5.41) is 8.62. The summed E-state index contributed by atoms with van der Waals surface area (Å²) in [7, 11) is 0. The highest BCUT2D eigenvalue weighted by atomic mass is 19.1. The lowest BCUT2D eigenvalue weighted by atomic mass is 10.3. The Bertz CT molecular complexity index is 479. The standard InChI is InChI=1S/C14H13FO3/c15-11-1-3-13(4-2-11)18-14-7-5-12(6-8-14)17-10-9-16/h1-8,16H,9-10H2. The van der Waals surface area contributed by atoms with E-state index in [1.807, 2.05) is 0 Å². The van der Waals surface area contributed by atoms with Crippen molar-refractivity contribution >= 4 is 0 Å². The molecule has 0 spiro atoms. The van der Waals surface area contributed by atoms with Gasteiger partial charge >= 0.3 is 0 Å². The van der Waals surface area contributed by atoms with Gasteiger partial charge in [0.15, 0.2) is 0 Å². The summed E-state index contributed by atoms with van der Waals surface area (Å²) in [4.78, 5) is 0. The fourth-order valence-corrected chi connectivity index (χ4v) is 1.41. The molecule has 0 saturated carbocycles. The summed E-state index contributed by atoms with van der Waals surface area (Å²) in [6.45, 7) is 0.242. The van der Waals surface area contributed by atoms with Gasteiger partial charge in [-0.15, -0.1) is 0 Å². The largest absolute Gasteiger partial charge is 0.491 e. The van der Waals surface area contributed by atoms with Gasteiger partial charge in [0, 0.05) is 0 Å². The van der Waals surface area contributed by atoms with Crippen LogP contribution in [0.1, 0.15) is 0 Å². The van der Waals surface area contributed by atoms with E-state index in [0.717, 1.165) is 0 Å². The van der Waals surface area contributed by atoms with Crippen LogP contribution >= 0.6 is 0 Å². The number of hydrogen-bond acceptors (Lipinski definition) is 3. The lowest BCUT2D eigenvalue weighted by Crippen LogP contribution is -2.01. The van der Waals surface area contributed by atoms with Gasteiger partial charge in [-0.25, -0.2) is 4.39 Å². The molecular weight excluding hydrogens is 235 g/mol. The molecule has 0 aliphatic rings. The minimum Gasteiger partial charge on any atom is -0.491 e. The van der Waals surface area contributed by atoms with Crippen molar-refractivity contribution in [2.24, 2.45) is 0 Å². The number of aliphatic hydroxyl groups is 1. The molecule has 1 N–H and O–H groups in total. The summed E-state index contributed by atoms with van der Waals surface area (Å²) in [6.07, 6.45) is 0. The molecule has 0 saturated heterocycles. The zero-order chi connectivity index (χ0) is 12.8. The quantitative estimate of drug-likeness (QED) is 0.884. The molecule has 0 aliphatic carbocycles. The van der Waals surface area contributed by atoms with E-state index in [0.29, 0.717) is 17.2 Å². The monoisotopic (exact) mass is 248 g/mol. The molecule has 0 unspecified atom stereocenters. The molecule has 2 aromatic rings. The fourth-order valence-electron chi connectivity index (χ4n) is 1.41. The van der Waals surface area contributed by atoms with Crippen LogP contribution in [0.5, 0.6) is 17.2 Å². The predicted molar refractivity (Wildman–Crippen MR) is 65.5 cm³/mol. The van der Waals surface area contributed by atoms with Crippen molar-refractivity contribution in [3.05, 3.63) is 54.3 Å². The highest BCUT2D eigenvalue weighted by Crippen LogP contribution is 2.23. The molecular formula is C14H13FO3. The van der Waals surface area contributed by atoms with Crippen LogP contribution in [0.15, 0.2) is 48.5 Å². The van der Waals surface area contributed by atoms with Crippen LogP contribution in [0.2, 0.25) is 0 Å². The van der Waals surface area contributed by atoms with Crippen LogP contribution in [0.4, 0.5) is 4.39 Å². The van der Waals surface area contributed by atoms with Crippen LogP contribution in [0.3, 0.4) is 0 Å². The third kappa shape index (κ3) is 3.46. The first-order valence-electron chi connectivity index (χ1n) is 5.55. The van der Waals surface area contributed by atoms with E-state index in [4.69, 9.17) is 14.6 Å². The molecule has 4 heteroatoms. The fraction of sp³-hybridized carbons (Fsp3) is 0.143. The summed E-state index contributed by atoms with van der Waals surface area (Å²) in [5.41, 5.74) is 0.